The fourth-order valence-corrected chi connectivity index (χ4v) is 4.38. The smallest absolute Gasteiger partial charge is 0.345 e. The number of unbranched alkanes of at least 4 members (excludes halogenated alkanes) is 3. The molecule has 0 aromatic heterocycles. The zero-order chi connectivity index (χ0) is 23.3. The van der Waals surface area contributed by atoms with E-state index >= 15 is 0 Å². The van der Waals surface area contributed by atoms with Crippen molar-refractivity contribution >= 4 is 11.8 Å². The molecule has 1 N–H and O–H groups in total. The number of rotatable bonds is 10. The van der Waals surface area contributed by atoms with Gasteiger partial charge in [-0.3, -0.25) is 4.79 Å². The average molecular weight is 439 g/mol. The summed E-state index contributed by atoms with van der Waals surface area (Å²) in [5, 5.41) is 11.1. The van der Waals surface area contributed by atoms with Gasteiger partial charge in [-0.2, -0.15) is 0 Å². The zero-order valence-corrected chi connectivity index (χ0v) is 19.6. The van der Waals surface area contributed by atoms with Crippen LogP contribution in [0.2, 0.25) is 0 Å². The molecule has 0 saturated carbocycles. The molecule has 5 nitrogen and oxygen atoms in total. The van der Waals surface area contributed by atoms with E-state index in [4.69, 9.17) is 9.47 Å². The van der Waals surface area contributed by atoms with Gasteiger partial charge >= 0.3 is 5.97 Å². The van der Waals surface area contributed by atoms with Gasteiger partial charge in [0.1, 0.15) is 17.1 Å². The number of ketones is 1. The molecule has 1 aliphatic heterocycles. The van der Waals surface area contributed by atoms with Gasteiger partial charge in [0, 0.05) is 6.42 Å². The molecule has 2 aromatic rings. The van der Waals surface area contributed by atoms with Gasteiger partial charge in [-0.15, -0.1) is 0 Å². The number of phenols is 1. The highest BCUT2D eigenvalue weighted by Gasteiger charge is 2.45. The number of ether oxygens (including phenoxy) is 2. The number of hydrogen-bond acceptors (Lipinski definition) is 5. The zero-order valence-electron chi connectivity index (χ0n) is 19.6. The van der Waals surface area contributed by atoms with Crippen molar-refractivity contribution in [1.29, 1.82) is 0 Å². The summed E-state index contributed by atoms with van der Waals surface area (Å²) in [6.45, 7) is 7.61. The van der Waals surface area contributed by atoms with Crippen molar-refractivity contribution in [2.45, 2.75) is 84.8 Å². The van der Waals surface area contributed by atoms with E-state index in [0.717, 1.165) is 48.8 Å². The highest BCUT2D eigenvalue weighted by atomic mass is 16.7. The summed E-state index contributed by atoms with van der Waals surface area (Å²) < 4.78 is 12.3. The van der Waals surface area contributed by atoms with Gasteiger partial charge in [0.05, 0.1) is 12.0 Å². The summed E-state index contributed by atoms with van der Waals surface area (Å²) in [4.78, 5) is 25.5. The Kier molecular flexibility index (Phi) is 7.60. The van der Waals surface area contributed by atoms with Crippen molar-refractivity contribution < 1.29 is 24.2 Å². The van der Waals surface area contributed by atoms with Crippen LogP contribution in [0.15, 0.2) is 30.3 Å². The van der Waals surface area contributed by atoms with Crippen LogP contribution in [0.4, 0.5) is 0 Å². The van der Waals surface area contributed by atoms with Crippen molar-refractivity contribution in [2.24, 2.45) is 0 Å². The van der Waals surface area contributed by atoms with Crippen molar-refractivity contribution in [1.82, 2.24) is 0 Å². The fourth-order valence-electron chi connectivity index (χ4n) is 4.38. The van der Waals surface area contributed by atoms with Crippen LogP contribution in [0.3, 0.4) is 0 Å². The van der Waals surface area contributed by atoms with Crippen LogP contribution in [-0.4, -0.2) is 22.6 Å². The highest BCUT2D eigenvalue weighted by Crippen LogP contribution is 2.48. The number of benzene rings is 2. The summed E-state index contributed by atoms with van der Waals surface area (Å²) in [7, 11) is 0. The van der Waals surface area contributed by atoms with Crippen molar-refractivity contribution in [3.05, 3.63) is 47.0 Å². The Labute approximate surface area is 190 Å². The Morgan fingerprint density at radius 1 is 1.03 bits per heavy atom. The minimum atomic E-state index is -1.35. The first-order valence-corrected chi connectivity index (χ1v) is 11.7. The number of Topliss-reactive ketones (excluding diaryl/α,β-unsaturated/α-hetero) is 1. The standard InChI is InChI=1S/C27H34O5/c1-5-7-9-12-21-16-22(29)23(20-13-10-11-18(3)15-20)25-24(21)26(30)32-27(31-25,14-8-6-2)17-19(4)28/h10-11,13,15-16,29H,5-9,12,14,17H2,1-4H3. The maximum absolute atomic E-state index is 13.4. The first-order chi connectivity index (χ1) is 15.3. The van der Waals surface area contributed by atoms with Gasteiger partial charge in [0.25, 0.3) is 5.79 Å². The van der Waals surface area contributed by atoms with Crippen molar-refractivity contribution in [3.63, 3.8) is 0 Å². The highest BCUT2D eigenvalue weighted by molar-refractivity contribution is 6.00. The summed E-state index contributed by atoms with van der Waals surface area (Å²) in [5.41, 5.74) is 3.36. The van der Waals surface area contributed by atoms with Gasteiger partial charge < -0.3 is 14.6 Å². The lowest BCUT2D eigenvalue weighted by atomic mass is 9.91. The minimum Gasteiger partial charge on any atom is -0.507 e. The predicted molar refractivity (Wildman–Crippen MR) is 125 cm³/mol. The summed E-state index contributed by atoms with van der Waals surface area (Å²) in [6.07, 6.45) is 5.64. The number of hydrogen-bond donors (Lipinski definition) is 1. The van der Waals surface area contributed by atoms with Crippen LogP contribution in [0.25, 0.3) is 11.1 Å². The second kappa shape index (κ2) is 10.2. The first kappa shape index (κ1) is 23.8. The van der Waals surface area contributed by atoms with Crippen LogP contribution in [0, 0.1) is 6.92 Å². The van der Waals surface area contributed by atoms with E-state index in [1.807, 2.05) is 38.1 Å². The molecule has 32 heavy (non-hydrogen) atoms. The number of phenolic OH excluding ortho intramolecular Hbond substituents is 1. The number of cyclic esters (lactones) is 1. The molecule has 0 saturated heterocycles. The van der Waals surface area contributed by atoms with Crippen LogP contribution < -0.4 is 4.74 Å². The van der Waals surface area contributed by atoms with Gasteiger partial charge in [-0.1, -0.05) is 62.9 Å². The number of carbonyl (C=O) groups excluding carboxylic acids is 2. The molecule has 0 aliphatic carbocycles. The van der Waals surface area contributed by atoms with Gasteiger partial charge in [0.15, 0.2) is 5.75 Å². The largest absolute Gasteiger partial charge is 0.507 e. The molecule has 0 amide bonds. The van der Waals surface area contributed by atoms with Crippen LogP contribution >= 0.6 is 0 Å². The lowest BCUT2D eigenvalue weighted by molar-refractivity contribution is -0.169. The molecule has 1 aliphatic rings. The van der Waals surface area contributed by atoms with Crippen molar-refractivity contribution in [3.8, 4) is 22.6 Å². The van der Waals surface area contributed by atoms with E-state index < -0.39 is 11.8 Å². The molecule has 3 rings (SSSR count). The SMILES string of the molecule is CCCCCc1cc(O)c(-c2cccc(C)c2)c2c1C(=O)OC(CCCC)(CC(C)=O)O2. The normalized spacial score (nSPS) is 17.4. The number of fused-ring (bicyclic) bond motifs is 1. The summed E-state index contributed by atoms with van der Waals surface area (Å²) >= 11 is 0. The molecule has 5 heteroatoms. The Hall–Kier alpha value is -2.82. The molecule has 0 radical (unpaired) electrons. The van der Waals surface area contributed by atoms with Gasteiger partial charge in [-0.05, 0) is 50.3 Å². The van der Waals surface area contributed by atoms with E-state index in [9.17, 15) is 14.7 Å². The van der Waals surface area contributed by atoms with Gasteiger partial charge in [0.2, 0.25) is 0 Å². The Morgan fingerprint density at radius 3 is 2.44 bits per heavy atom. The lowest BCUT2D eigenvalue weighted by Crippen LogP contribution is -2.46. The molecule has 1 atom stereocenters. The maximum Gasteiger partial charge on any atom is 0.345 e. The van der Waals surface area contributed by atoms with E-state index in [1.54, 1.807) is 6.07 Å². The molecular weight excluding hydrogens is 404 g/mol. The van der Waals surface area contributed by atoms with Crippen molar-refractivity contribution in [2.75, 3.05) is 0 Å². The fraction of sp³-hybridized carbons (Fsp3) is 0.481. The second-order valence-corrected chi connectivity index (χ2v) is 8.85. The average Bonchev–Trinajstić information content (AvgIpc) is 2.71. The maximum atomic E-state index is 13.4. The Morgan fingerprint density at radius 2 is 1.78 bits per heavy atom. The number of esters is 1. The molecule has 0 bridgehead atoms. The minimum absolute atomic E-state index is 0.0216. The number of carbonyl (C=O) groups is 2. The molecule has 1 unspecified atom stereocenters. The summed E-state index contributed by atoms with van der Waals surface area (Å²) in [5.74, 6) is -1.54. The van der Waals surface area contributed by atoms with E-state index in [1.165, 1.54) is 6.92 Å². The number of aryl methyl sites for hydroxylation is 2. The monoisotopic (exact) mass is 438 g/mol. The predicted octanol–water partition coefficient (Wildman–Crippen LogP) is 6.52. The van der Waals surface area contributed by atoms with Crippen LogP contribution in [0.5, 0.6) is 11.5 Å². The molecule has 0 fully saturated rings. The first-order valence-electron chi connectivity index (χ1n) is 11.7. The lowest BCUT2D eigenvalue weighted by Gasteiger charge is -2.39. The topological polar surface area (TPSA) is 72.8 Å². The molecule has 0 spiro atoms. The number of aromatic hydroxyl groups is 1. The molecular formula is C27H34O5. The second-order valence-electron chi connectivity index (χ2n) is 8.85. The third-order valence-electron chi connectivity index (χ3n) is 5.90. The van der Waals surface area contributed by atoms with Crippen LogP contribution in [0.1, 0.15) is 87.2 Å². The summed E-state index contributed by atoms with van der Waals surface area (Å²) in [6, 6.07) is 9.39. The third-order valence-corrected chi connectivity index (χ3v) is 5.90. The Bertz CT molecular complexity index is 994. The third kappa shape index (κ3) is 5.14. The molecule has 172 valence electrons. The van der Waals surface area contributed by atoms with E-state index in [-0.39, 0.29) is 18.0 Å². The Balaban J connectivity index is 2.20. The van der Waals surface area contributed by atoms with E-state index in [0.29, 0.717) is 29.7 Å². The molecule has 2 aromatic carbocycles. The van der Waals surface area contributed by atoms with Crippen LogP contribution in [-0.2, 0) is 16.0 Å². The quantitative estimate of drug-likeness (QED) is 0.338. The molecule has 1 heterocycles. The van der Waals surface area contributed by atoms with E-state index in [2.05, 4.69) is 6.92 Å². The van der Waals surface area contributed by atoms with Gasteiger partial charge in [-0.25, -0.2) is 4.79 Å².